The minimum atomic E-state index is -1.05. The van der Waals surface area contributed by atoms with Crippen LogP contribution in [0.2, 0.25) is 5.02 Å². The van der Waals surface area contributed by atoms with Crippen molar-refractivity contribution in [2.45, 2.75) is 72.4 Å². The van der Waals surface area contributed by atoms with Crippen molar-refractivity contribution in [2.24, 2.45) is 17.3 Å². The summed E-state index contributed by atoms with van der Waals surface area (Å²) in [7, 11) is 0. The second-order valence-electron chi connectivity index (χ2n) is 9.98. The van der Waals surface area contributed by atoms with E-state index >= 15 is 0 Å². The highest BCUT2D eigenvalue weighted by molar-refractivity contribution is 6.30. The summed E-state index contributed by atoms with van der Waals surface area (Å²) in [6.07, 6.45) is 1.66. The normalized spacial score (nSPS) is 22.3. The molecule has 1 aromatic rings. The lowest BCUT2D eigenvalue weighted by Crippen LogP contribution is -2.60. The Balaban J connectivity index is 2.13. The molecule has 0 unspecified atom stereocenters. The molecule has 2 N–H and O–H groups in total. The van der Waals surface area contributed by atoms with E-state index in [0.717, 1.165) is 12.0 Å². The average molecular weight is 437 g/mol. The van der Waals surface area contributed by atoms with Gasteiger partial charge in [0.2, 0.25) is 11.8 Å². The van der Waals surface area contributed by atoms with E-state index in [9.17, 15) is 14.7 Å². The summed E-state index contributed by atoms with van der Waals surface area (Å²) >= 11 is 6.01. The molecule has 5 nitrogen and oxygen atoms in total. The molecule has 0 radical (unpaired) electrons. The maximum atomic E-state index is 13.3. The van der Waals surface area contributed by atoms with Crippen molar-refractivity contribution in [3.05, 3.63) is 34.9 Å². The lowest BCUT2D eigenvalue weighted by Gasteiger charge is -2.51. The Hall–Kier alpha value is -1.59. The third kappa shape index (κ3) is 5.55. The Morgan fingerprint density at radius 3 is 2.27 bits per heavy atom. The largest absolute Gasteiger partial charge is 0.384 e. The number of hydrogen-bond acceptors (Lipinski definition) is 3. The Morgan fingerprint density at radius 2 is 1.77 bits per heavy atom. The molecule has 1 heterocycles. The van der Waals surface area contributed by atoms with Gasteiger partial charge in [-0.15, -0.1) is 0 Å². The van der Waals surface area contributed by atoms with E-state index in [1.54, 1.807) is 17.0 Å². The molecule has 0 bridgehead atoms. The van der Waals surface area contributed by atoms with E-state index < -0.39 is 17.1 Å². The van der Waals surface area contributed by atoms with Gasteiger partial charge in [-0.1, -0.05) is 65.3 Å². The van der Waals surface area contributed by atoms with Crippen LogP contribution < -0.4 is 5.32 Å². The molecule has 2 amide bonds. The van der Waals surface area contributed by atoms with E-state index in [0.29, 0.717) is 36.9 Å². The van der Waals surface area contributed by atoms with Crippen LogP contribution in [0.3, 0.4) is 0 Å². The Labute approximate surface area is 186 Å². The van der Waals surface area contributed by atoms with Gasteiger partial charge in [-0.25, -0.2) is 0 Å². The molecule has 0 aromatic heterocycles. The van der Waals surface area contributed by atoms with Gasteiger partial charge in [0, 0.05) is 29.9 Å². The van der Waals surface area contributed by atoms with E-state index in [4.69, 9.17) is 11.6 Å². The van der Waals surface area contributed by atoms with Crippen molar-refractivity contribution in [2.75, 3.05) is 13.1 Å². The van der Waals surface area contributed by atoms with Crippen molar-refractivity contribution in [1.29, 1.82) is 0 Å². The van der Waals surface area contributed by atoms with E-state index in [1.807, 2.05) is 39.8 Å². The third-order valence-electron chi connectivity index (χ3n) is 6.28. The van der Waals surface area contributed by atoms with Gasteiger partial charge in [-0.05, 0) is 42.4 Å². The topological polar surface area (TPSA) is 69.6 Å². The molecule has 1 aliphatic rings. The molecule has 1 aliphatic heterocycles. The van der Waals surface area contributed by atoms with Crippen molar-refractivity contribution in [1.82, 2.24) is 10.2 Å². The first-order valence-electron chi connectivity index (χ1n) is 10.9. The molecule has 1 aromatic carbocycles. The predicted molar refractivity (Wildman–Crippen MR) is 121 cm³/mol. The molecule has 0 aliphatic carbocycles. The number of rotatable bonds is 7. The molecule has 168 valence electrons. The summed E-state index contributed by atoms with van der Waals surface area (Å²) in [4.78, 5) is 27.5. The number of carbonyl (C=O) groups excluding carboxylic acids is 2. The van der Waals surface area contributed by atoms with Gasteiger partial charge in [-0.2, -0.15) is 0 Å². The van der Waals surface area contributed by atoms with Gasteiger partial charge in [0.25, 0.3) is 0 Å². The Bertz CT molecular complexity index is 745. The second kappa shape index (κ2) is 9.69. The number of hydrogen-bond donors (Lipinski definition) is 2. The van der Waals surface area contributed by atoms with E-state index in [1.165, 1.54) is 0 Å². The molecule has 1 saturated heterocycles. The molecule has 0 spiro atoms. The number of halogens is 1. The van der Waals surface area contributed by atoms with Crippen LogP contribution in [0, 0.1) is 17.3 Å². The second-order valence-corrected chi connectivity index (χ2v) is 10.4. The number of carbonyl (C=O) groups is 2. The summed E-state index contributed by atoms with van der Waals surface area (Å²) in [5.41, 5.74) is -0.800. The molecule has 2 atom stereocenters. The minimum Gasteiger partial charge on any atom is -0.384 e. The van der Waals surface area contributed by atoms with Crippen LogP contribution in [0.4, 0.5) is 0 Å². The summed E-state index contributed by atoms with van der Waals surface area (Å²) in [5, 5.41) is 15.1. The van der Waals surface area contributed by atoms with E-state index in [-0.39, 0.29) is 17.7 Å². The summed E-state index contributed by atoms with van der Waals surface area (Å²) < 4.78 is 0. The quantitative estimate of drug-likeness (QED) is 0.667. The van der Waals surface area contributed by atoms with Gasteiger partial charge >= 0.3 is 0 Å². The fourth-order valence-electron chi connectivity index (χ4n) is 4.15. The third-order valence-corrected chi connectivity index (χ3v) is 6.53. The van der Waals surface area contributed by atoms with Crippen molar-refractivity contribution in [3.63, 3.8) is 0 Å². The van der Waals surface area contributed by atoms with Crippen LogP contribution in [-0.2, 0) is 15.2 Å². The molecule has 30 heavy (non-hydrogen) atoms. The van der Waals surface area contributed by atoms with E-state index in [2.05, 4.69) is 19.2 Å². The summed E-state index contributed by atoms with van der Waals surface area (Å²) in [5.74, 6) is 0.275. The van der Waals surface area contributed by atoms with Crippen LogP contribution in [0.15, 0.2) is 24.3 Å². The van der Waals surface area contributed by atoms with Crippen LogP contribution in [0.25, 0.3) is 0 Å². The minimum absolute atomic E-state index is 0.0133. The van der Waals surface area contributed by atoms with Gasteiger partial charge < -0.3 is 15.3 Å². The van der Waals surface area contributed by atoms with Gasteiger partial charge in [0.15, 0.2) is 0 Å². The summed E-state index contributed by atoms with van der Waals surface area (Å²) in [6.45, 7) is 12.9. The average Bonchev–Trinajstić information content (AvgIpc) is 2.66. The number of amides is 2. The molecule has 2 rings (SSSR count). The van der Waals surface area contributed by atoms with Crippen molar-refractivity contribution < 1.29 is 14.7 Å². The lowest BCUT2D eigenvalue weighted by atomic mass is 9.66. The first-order valence-corrected chi connectivity index (χ1v) is 11.3. The number of piperidine rings is 1. The standard InChI is InChI=1S/C24H37ClN2O3/c1-16(2)7-12-20(28)26-21(17(3)4)22(29)27-14-13-24(30,23(5,6)15-27)18-8-10-19(25)11-9-18/h8-11,16-17,21,30H,7,12-15H2,1-6H3,(H,26,28)/t21-,24+/m1/s1. The van der Waals surface area contributed by atoms with Gasteiger partial charge in [-0.3, -0.25) is 9.59 Å². The van der Waals surface area contributed by atoms with Crippen molar-refractivity contribution >= 4 is 23.4 Å². The molecule has 0 saturated carbocycles. The highest BCUT2D eigenvalue weighted by Crippen LogP contribution is 2.46. The van der Waals surface area contributed by atoms with Crippen LogP contribution >= 0.6 is 11.6 Å². The molecule has 1 fully saturated rings. The summed E-state index contributed by atoms with van der Waals surface area (Å²) in [6, 6.07) is 6.72. The van der Waals surface area contributed by atoms with Crippen LogP contribution in [0.5, 0.6) is 0 Å². The fraction of sp³-hybridized carbons (Fsp3) is 0.667. The number of likely N-dealkylation sites (tertiary alicyclic amines) is 1. The van der Waals surface area contributed by atoms with Crippen LogP contribution in [-0.4, -0.2) is 41.0 Å². The highest BCUT2D eigenvalue weighted by Gasteiger charge is 2.50. The first-order chi connectivity index (χ1) is 13.9. The Kier molecular flexibility index (Phi) is 7.97. The maximum Gasteiger partial charge on any atom is 0.245 e. The lowest BCUT2D eigenvalue weighted by molar-refractivity contribution is -0.156. The van der Waals surface area contributed by atoms with Gasteiger partial charge in [0.1, 0.15) is 6.04 Å². The number of nitrogens with one attached hydrogen (secondary N) is 1. The number of aliphatic hydroxyl groups is 1. The van der Waals surface area contributed by atoms with Crippen LogP contribution in [0.1, 0.15) is 66.4 Å². The highest BCUT2D eigenvalue weighted by atomic mass is 35.5. The zero-order valence-electron chi connectivity index (χ0n) is 19.2. The van der Waals surface area contributed by atoms with Gasteiger partial charge in [0.05, 0.1) is 5.60 Å². The zero-order valence-corrected chi connectivity index (χ0v) is 19.9. The fourth-order valence-corrected chi connectivity index (χ4v) is 4.27. The zero-order chi connectivity index (χ0) is 22.7. The monoisotopic (exact) mass is 436 g/mol. The molecule has 6 heteroatoms. The first kappa shape index (κ1) is 24.7. The number of benzene rings is 1. The SMILES string of the molecule is CC(C)CCC(=O)N[C@@H](C(=O)N1CC[C@](O)(c2ccc(Cl)cc2)C(C)(C)C1)C(C)C. The molecular weight excluding hydrogens is 400 g/mol. The predicted octanol–water partition coefficient (Wildman–Crippen LogP) is 4.36. The molecular formula is C24H37ClN2O3. The smallest absolute Gasteiger partial charge is 0.245 e. The Morgan fingerprint density at radius 1 is 1.17 bits per heavy atom. The maximum absolute atomic E-state index is 13.3. The van der Waals surface area contributed by atoms with Crippen molar-refractivity contribution in [3.8, 4) is 0 Å². The number of nitrogens with zero attached hydrogens (tertiary/aromatic N) is 1.